The lowest BCUT2D eigenvalue weighted by atomic mass is 10.1. The second-order valence-electron chi connectivity index (χ2n) is 7.45. The van der Waals surface area contributed by atoms with E-state index in [1.165, 1.54) is 0 Å². The summed E-state index contributed by atoms with van der Waals surface area (Å²) in [4.78, 5) is 30.9. The molecule has 1 atom stereocenters. The molecular formula is C20H30N4O3. The number of anilines is 1. The number of benzene rings is 1. The maximum atomic E-state index is 12.4. The molecule has 2 amide bonds. The van der Waals surface area contributed by atoms with Gasteiger partial charge in [0.25, 0.3) is 5.91 Å². The minimum atomic E-state index is -0.0808. The maximum absolute atomic E-state index is 12.4. The number of hydrogen-bond donors (Lipinski definition) is 1. The van der Waals surface area contributed by atoms with Crippen LogP contribution in [-0.4, -0.2) is 88.2 Å². The number of piperazine rings is 1. The van der Waals surface area contributed by atoms with Gasteiger partial charge in [-0.2, -0.15) is 0 Å². The van der Waals surface area contributed by atoms with Crippen LogP contribution >= 0.6 is 0 Å². The molecular weight excluding hydrogens is 344 g/mol. The highest BCUT2D eigenvalue weighted by molar-refractivity contribution is 5.94. The molecule has 0 bridgehead atoms. The first-order valence-corrected chi connectivity index (χ1v) is 9.65. The predicted octanol–water partition coefficient (Wildman–Crippen LogP) is 0.663. The third kappa shape index (κ3) is 5.20. The summed E-state index contributed by atoms with van der Waals surface area (Å²) in [5, 5.41) is 2.97. The Labute approximate surface area is 161 Å². The summed E-state index contributed by atoms with van der Waals surface area (Å²) >= 11 is 0. The van der Waals surface area contributed by atoms with E-state index < -0.39 is 0 Å². The van der Waals surface area contributed by atoms with Gasteiger partial charge in [0.15, 0.2) is 0 Å². The summed E-state index contributed by atoms with van der Waals surface area (Å²) in [6, 6.07) is 7.80. The smallest absolute Gasteiger partial charge is 0.251 e. The Bertz CT molecular complexity index is 641. The van der Waals surface area contributed by atoms with Gasteiger partial charge >= 0.3 is 0 Å². The Morgan fingerprint density at radius 3 is 2.56 bits per heavy atom. The van der Waals surface area contributed by atoms with Gasteiger partial charge in [-0.05, 0) is 31.3 Å². The van der Waals surface area contributed by atoms with E-state index in [9.17, 15) is 9.59 Å². The summed E-state index contributed by atoms with van der Waals surface area (Å²) in [5.41, 5.74) is 1.82. The van der Waals surface area contributed by atoms with Crippen LogP contribution < -0.4 is 10.2 Å². The zero-order chi connectivity index (χ0) is 19.2. The van der Waals surface area contributed by atoms with Crippen molar-refractivity contribution < 1.29 is 14.3 Å². The molecule has 0 saturated carbocycles. The Kier molecular flexibility index (Phi) is 6.68. The van der Waals surface area contributed by atoms with E-state index >= 15 is 0 Å². The molecule has 7 nitrogen and oxygen atoms in total. The second-order valence-corrected chi connectivity index (χ2v) is 7.45. The van der Waals surface area contributed by atoms with Crippen LogP contribution in [0.1, 0.15) is 16.8 Å². The third-order valence-electron chi connectivity index (χ3n) is 5.41. The van der Waals surface area contributed by atoms with Gasteiger partial charge < -0.3 is 24.8 Å². The molecule has 2 fully saturated rings. The monoisotopic (exact) mass is 374 g/mol. The fourth-order valence-electron chi connectivity index (χ4n) is 3.64. The van der Waals surface area contributed by atoms with Gasteiger partial charge in [0.05, 0.1) is 6.61 Å². The quantitative estimate of drug-likeness (QED) is 0.760. The topological polar surface area (TPSA) is 65.1 Å². The lowest BCUT2D eigenvalue weighted by Gasteiger charge is -2.34. The van der Waals surface area contributed by atoms with Crippen LogP contribution in [0.2, 0.25) is 0 Å². The van der Waals surface area contributed by atoms with Crippen molar-refractivity contribution in [3.63, 3.8) is 0 Å². The molecule has 0 unspecified atom stereocenters. The van der Waals surface area contributed by atoms with Crippen LogP contribution in [0, 0.1) is 5.92 Å². The molecule has 2 heterocycles. The minimum absolute atomic E-state index is 0.0808. The molecule has 0 spiro atoms. The first-order valence-electron chi connectivity index (χ1n) is 9.65. The molecule has 27 heavy (non-hydrogen) atoms. The van der Waals surface area contributed by atoms with Gasteiger partial charge in [-0.25, -0.2) is 0 Å². The molecule has 148 valence electrons. The van der Waals surface area contributed by atoms with E-state index in [-0.39, 0.29) is 17.7 Å². The molecule has 1 aromatic carbocycles. The summed E-state index contributed by atoms with van der Waals surface area (Å²) in [6.07, 6.45) is 0.492. The van der Waals surface area contributed by atoms with Gasteiger partial charge in [0.2, 0.25) is 5.91 Å². The molecule has 0 radical (unpaired) electrons. The van der Waals surface area contributed by atoms with Crippen molar-refractivity contribution in [2.24, 2.45) is 5.92 Å². The molecule has 0 aliphatic carbocycles. The number of carbonyl (C=O) groups excluding carboxylic acids is 2. The number of carbonyl (C=O) groups is 2. The van der Waals surface area contributed by atoms with Crippen molar-refractivity contribution in [3.05, 3.63) is 29.8 Å². The average molecular weight is 374 g/mol. The Hall–Kier alpha value is -2.12. The summed E-state index contributed by atoms with van der Waals surface area (Å²) in [5.74, 6) is 0.230. The Morgan fingerprint density at radius 1 is 1.19 bits per heavy atom. The molecule has 0 aromatic heterocycles. The van der Waals surface area contributed by atoms with E-state index in [1.807, 2.05) is 29.2 Å². The normalized spacial score (nSPS) is 21.0. The van der Waals surface area contributed by atoms with Gasteiger partial charge in [-0.3, -0.25) is 9.59 Å². The molecule has 3 rings (SSSR count). The number of rotatable bonds is 7. The van der Waals surface area contributed by atoms with Gasteiger partial charge in [0, 0.05) is 76.5 Å². The average Bonchev–Trinajstić information content (AvgIpc) is 3.05. The summed E-state index contributed by atoms with van der Waals surface area (Å²) in [7, 11) is 3.77. The highest BCUT2D eigenvalue weighted by Crippen LogP contribution is 2.18. The van der Waals surface area contributed by atoms with E-state index in [0.29, 0.717) is 38.2 Å². The maximum Gasteiger partial charge on any atom is 0.251 e. The van der Waals surface area contributed by atoms with Crippen molar-refractivity contribution in [1.82, 2.24) is 15.1 Å². The Balaban J connectivity index is 1.46. The van der Waals surface area contributed by atoms with Crippen LogP contribution in [0.15, 0.2) is 24.3 Å². The molecule has 2 aliphatic rings. The first-order chi connectivity index (χ1) is 13.1. The second kappa shape index (κ2) is 9.19. The molecule has 2 aliphatic heterocycles. The zero-order valence-corrected chi connectivity index (χ0v) is 16.3. The third-order valence-corrected chi connectivity index (χ3v) is 5.41. The molecule has 7 heteroatoms. The van der Waals surface area contributed by atoms with Gasteiger partial charge in [-0.1, -0.05) is 0 Å². The minimum Gasteiger partial charge on any atom is -0.383 e. The standard InChI is InChI=1S/C20H30N4O3/c1-22-7-9-23(10-8-22)18-5-3-17(4-6-18)20(26)21-14-16-13-19(25)24(15-16)11-12-27-2/h3-6,16H,7-15H2,1-2H3,(H,21,26)/t16-/m0/s1. The van der Waals surface area contributed by atoms with Crippen LogP contribution in [-0.2, 0) is 9.53 Å². The predicted molar refractivity (Wildman–Crippen MR) is 105 cm³/mol. The fraction of sp³-hybridized carbons (Fsp3) is 0.600. The number of nitrogens with one attached hydrogen (secondary N) is 1. The number of likely N-dealkylation sites (N-methyl/N-ethyl adjacent to an activating group) is 1. The van der Waals surface area contributed by atoms with E-state index in [0.717, 1.165) is 31.9 Å². The van der Waals surface area contributed by atoms with Crippen molar-refractivity contribution in [2.75, 3.05) is 71.5 Å². The van der Waals surface area contributed by atoms with Crippen LogP contribution in [0.4, 0.5) is 5.69 Å². The summed E-state index contributed by atoms with van der Waals surface area (Å²) in [6.45, 7) is 6.51. The summed E-state index contributed by atoms with van der Waals surface area (Å²) < 4.78 is 5.03. The van der Waals surface area contributed by atoms with Crippen molar-refractivity contribution >= 4 is 17.5 Å². The molecule has 1 N–H and O–H groups in total. The zero-order valence-electron chi connectivity index (χ0n) is 16.3. The van der Waals surface area contributed by atoms with Gasteiger partial charge in [-0.15, -0.1) is 0 Å². The van der Waals surface area contributed by atoms with E-state index in [2.05, 4.69) is 22.2 Å². The van der Waals surface area contributed by atoms with Crippen molar-refractivity contribution in [2.45, 2.75) is 6.42 Å². The number of nitrogens with zero attached hydrogens (tertiary/aromatic N) is 3. The van der Waals surface area contributed by atoms with Crippen LogP contribution in [0.3, 0.4) is 0 Å². The molecule has 1 aromatic rings. The Morgan fingerprint density at radius 2 is 1.89 bits per heavy atom. The SMILES string of the molecule is COCCN1C[C@H](CNC(=O)c2ccc(N3CCN(C)CC3)cc2)CC1=O. The van der Waals surface area contributed by atoms with E-state index in [4.69, 9.17) is 4.74 Å². The number of methoxy groups -OCH3 is 1. The lowest BCUT2D eigenvalue weighted by Crippen LogP contribution is -2.44. The van der Waals surface area contributed by atoms with Crippen molar-refractivity contribution in [3.8, 4) is 0 Å². The number of ether oxygens (including phenoxy) is 1. The molecule has 2 saturated heterocycles. The lowest BCUT2D eigenvalue weighted by molar-refractivity contribution is -0.128. The fourth-order valence-corrected chi connectivity index (χ4v) is 3.64. The largest absolute Gasteiger partial charge is 0.383 e. The highest BCUT2D eigenvalue weighted by Gasteiger charge is 2.29. The number of amides is 2. The highest BCUT2D eigenvalue weighted by atomic mass is 16.5. The van der Waals surface area contributed by atoms with Gasteiger partial charge in [0.1, 0.15) is 0 Å². The number of hydrogen-bond acceptors (Lipinski definition) is 5. The van der Waals surface area contributed by atoms with Crippen LogP contribution in [0.5, 0.6) is 0 Å². The first kappa shape index (κ1) is 19.6. The van der Waals surface area contributed by atoms with Crippen LogP contribution in [0.25, 0.3) is 0 Å². The van der Waals surface area contributed by atoms with E-state index in [1.54, 1.807) is 7.11 Å². The van der Waals surface area contributed by atoms with Crippen molar-refractivity contribution in [1.29, 1.82) is 0 Å². The number of likely N-dealkylation sites (tertiary alicyclic amines) is 1.